The van der Waals surface area contributed by atoms with Crippen LogP contribution in [0.1, 0.15) is 78.6 Å². The minimum absolute atomic E-state index is 0.441. The van der Waals surface area contributed by atoms with Crippen molar-refractivity contribution in [1.82, 2.24) is 0 Å². The van der Waals surface area contributed by atoms with Crippen molar-refractivity contribution in [2.24, 2.45) is 5.41 Å². The van der Waals surface area contributed by atoms with E-state index in [1.807, 2.05) is 6.92 Å². The van der Waals surface area contributed by atoms with Gasteiger partial charge in [-0.2, -0.15) is 0 Å². The fraction of sp³-hybridized carbons (Fsp3) is 0.929. The van der Waals surface area contributed by atoms with E-state index < -0.39 is 11.4 Å². The molecule has 0 saturated carbocycles. The van der Waals surface area contributed by atoms with Gasteiger partial charge in [0.15, 0.2) is 0 Å². The van der Waals surface area contributed by atoms with Gasteiger partial charge in [-0.05, 0) is 19.3 Å². The normalized spacial score (nSPS) is 14.7. The molecule has 0 amide bonds. The van der Waals surface area contributed by atoms with Gasteiger partial charge in [0.1, 0.15) is 0 Å². The maximum absolute atomic E-state index is 11.4. The first-order chi connectivity index (χ1) is 7.63. The molecular weight excluding hydrogens is 200 g/mol. The van der Waals surface area contributed by atoms with Gasteiger partial charge in [0.2, 0.25) is 0 Å². The van der Waals surface area contributed by atoms with E-state index in [9.17, 15) is 9.90 Å². The van der Waals surface area contributed by atoms with Gasteiger partial charge in [-0.15, -0.1) is 0 Å². The Hall–Kier alpha value is -0.530. The third-order valence-electron chi connectivity index (χ3n) is 3.65. The Labute approximate surface area is 100 Å². The highest BCUT2D eigenvalue weighted by Gasteiger charge is 2.34. The summed E-state index contributed by atoms with van der Waals surface area (Å²) in [5.74, 6) is -0.583. The summed E-state index contributed by atoms with van der Waals surface area (Å²) in [6.45, 7) is 6.32. The molecule has 0 aromatic rings. The van der Waals surface area contributed by atoms with Gasteiger partial charge < -0.3 is 5.11 Å². The van der Waals surface area contributed by atoms with Crippen molar-refractivity contribution in [1.29, 1.82) is 0 Å². The van der Waals surface area contributed by atoms with E-state index in [1.165, 1.54) is 19.3 Å². The number of carboxylic acids is 1. The van der Waals surface area contributed by atoms with E-state index in [0.29, 0.717) is 0 Å². The summed E-state index contributed by atoms with van der Waals surface area (Å²) in [6, 6.07) is 0. The molecule has 0 spiro atoms. The standard InChI is InChI=1S/C14H28O2/c1-4-7-9-10-12-14(6-3,13(15)16)11-8-5-2/h4-12H2,1-3H3,(H,15,16). The highest BCUT2D eigenvalue weighted by atomic mass is 16.4. The second kappa shape index (κ2) is 8.60. The van der Waals surface area contributed by atoms with Gasteiger partial charge in [-0.25, -0.2) is 0 Å². The van der Waals surface area contributed by atoms with Gasteiger partial charge >= 0.3 is 5.97 Å². The number of hydrogen-bond donors (Lipinski definition) is 1. The zero-order chi connectivity index (χ0) is 12.4. The number of aliphatic carboxylic acids is 1. The van der Waals surface area contributed by atoms with E-state index in [1.54, 1.807) is 0 Å². The minimum Gasteiger partial charge on any atom is -0.481 e. The van der Waals surface area contributed by atoms with Crippen LogP contribution in [0.2, 0.25) is 0 Å². The molecule has 0 heterocycles. The molecule has 2 nitrogen and oxygen atoms in total. The molecule has 0 aliphatic heterocycles. The largest absolute Gasteiger partial charge is 0.481 e. The highest BCUT2D eigenvalue weighted by molar-refractivity contribution is 5.74. The molecule has 0 aliphatic rings. The molecule has 0 aromatic heterocycles. The lowest BCUT2D eigenvalue weighted by Gasteiger charge is -2.28. The zero-order valence-electron chi connectivity index (χ0n) is 11.2. The zero-order valence-corrected chi connectivity index (χ0v) is 11.2. The molecule has 0 fully saturated rings. The molecule has 2 heteroatoms. The van der Waals surface area contributed by atoms with Crippen LogP contribution in [0.5, 0.6) is 0 Å². The first-order valence-corrected chi connectivity index (χ1v) is 6.86. The van der Waals surface area contributed by atoms with Gasteiger partial charge in [0.25, 0.3) is 0 Å². The van der Waals surface area contributed by atoms with E-state index >= 15 is 0 Å². The quantitative estimate of drug-likeness (QED) is 0.554. The van der Waals surface area contributed by atoms with Gasteiger partial charge in [0, 0.05) is 0 Å². The van der Waals surface area contributed by atoms with Crippen LogP contribution in [-0.2, 0) is 4.79 Å². The van der Waals surface area contributed by atoms with E-state index in [2.05, 4.69) is 13.8 Å². The van der Waals surface area contributed by atoms with Gasteiger partial charge in [-0.1, -0.05) is 59.3 Å². The lowest BCUT2D eigenvalue weighted by Crippen LogP contribution is -2.30. The van der Waals surface area contributed by atoms with Crippen LogP contribution in [-0.4, -0.2) is 11.1 Å². The van der Waals surface area contributed by atoms with E-state index in [4.69, 9.17) is 0 Å². The maximum Gasteiger partial charge on any atom is 0.309 e. The third-order valence-corrected chi connectivity index (χ3v) is 3.65. The summed E-state index contributed by atoms with van der Waals surface area (Å²) in [5, 5.41) is 9.41. The highest BCUT2D eigenvalue weighted by Crippen LogP contribution is 2.35. The molecule has 0 aromatic carbocycles. The lowest BCUT2D eigenvalue weighted by atomic mass is 9.76. The second-order valence-corrected chi connectivity index (χ2v) is 4.85. The molecule has 0 saturated heterocycles. The maximum atomic E-state index is 11.4. The number of rotatable bonds is 10. The third kappa shape index (κ3) is 5.00. The molecule has 1 atom stereocenters. The van der Waals surface area contributed by atoms with Crippen molar-refractivity contribution in [3.63, 3.8) is 0 Å². The average Bonchev–Trinajstić information content (AvgIpc) is 2.28. The lowest BCUT2D eigenvalue weighted by molar-refractivity contribution is -0.150. The average molecular weight is 228 g/mol. The fourth-order valence-corrected chi connectivity index (χ4v) is 2.25. The first-order valence-electron chi connectivity index (χ1n) is 6.86. The first kappa shape index (κ1) is 15.5. The Morgan fingerprint density at radius 2 is 1.50 bits per heavy atom. The summed E-state index contributed by atoms with van der Waals surface area (Å²) in [5.41, 5.74) is -0.441. The molecule has 0 radical (unpaired) electrons. The molecule has 0 aliphatic carbocycles. The number of carboxylic acid groups (broad SMARTS) is 1. The van der Waals surface area contributed by atoms with Crippen LogP contribution in [0.4, 0.5) is 0 Å². The molecular formula is C14H28O2. The number of carbonyl (C=O) groups is 1. The Kier molecular flexibility index (Phi) is 8.32. The van der Waals surface area contributed by atoms with Crippen molar-refractivity contribution >= 4 is 5.97 Å². The van der Waals surface area contributed by atoms with E-state index in [-0.39, 0.29) is 0 Å². The molecule has 0 bridgehead atoms. The number of hydrogen-bond acceptors (Lipinski definition) is 1. The molecule has 96 valence electrons. The van der Waals surface area contributed by atoms with Crippen molar-refractivity contribution in [3.8, 4) is 0 Å². The predicted octanol–water partition coefficient (Wildman–Crippen LogP) is 4.63. The molecule has 1 unspecified atom stereocenters. The minimum atomic E-state index is -0.583. The van der Waals surface area contributed by atoms with E-state index in [0.717, 1.165) is 38.5 Å². The van der Waals surface area contributed by atoms with Crippen molar-refractivity contribution in [3.05, 3.63) is 0 Å². The SMILES string of the molecule is CCCCCCC(CC)(CCCC)C(=O)O. The molecule has 16 heavy (non-hydrogen) atoms. The summed E-state index contributed by atoms with van der Waals surface area (Å²) in [6.07, 6.45) is 9.29. The second-order valence-electron chi connectivity index (χ2n) is 4.85. The topological polar surface area (TPSA) is 37.3 Å². The summed E-state index contributed by atoms with van der Waals surface area (Å²) in [4.78, 5) is 11.4. The van der Waals surface area contributed by atoms with Crippen LogP contribution < -0.4 is 0 Å². The van der Waals surface area contributed by atoms with Crippen LogP contribution in [0, 0.1) is 5.41 Å². The summed E-state index contributed by atoms with van der Waals surface area (Å²) in [7, 11) is 0. The van der Waals surface area contributed by atoms with Crippen LogP contribution in [0.25, 0.3) is 0 Å². The van der Waals surface area contributed by atoms with Crippen molar-refractivity contribution < 1.29 is 9.90 Å². The monoisotopic (exact) mass is 228 g/mol. The summed E-state index contributed by atoms with van der Waals surface area (Å²) >= 11 is 0. The van der Waals surface area contributed by atoms with Crippen molar-refractivity contribution in [2.75, 3.05) is 0 Å². The van der Waals surface area contributed by atoms with Crippen LogP contribution in [0.3, 0.4) is 0 Å². The van der Waals surface area contributed by atoms with Crippen LogP contribution in [0.15, 0.2) is 0 Å². The summed E-state index contributed by atoms with van der Waals surface area (Å²) < 4.78 is 0. The molecule has 1 N–H and O–H groups in total. The smallest absolute Gasteiger partial charge is 0.309 e. The molecule has 0 rings (SSSR count). The Bertz CT molecular complexity index is 189. The fourth-order valence-electron chi connectivity index (χ4n) is 2.25. The Morgan fingerprint density at radius 1 is 0.938 bits per heavy atom. The van der Waals surface area contributed by atoms with Crippen molar-refractivity contribution in [2.45, 2.75) is 78.6 Å². The number of unbranched alkanes of at least 4 members (excludes halogenated alkanes) is 4. The van der Waals surface area contributed by atoms with Gasteiger partial charge in [0.05, 0.1) is 5.41 Å². The van der Waals surface area contributed by atoms with Crippen LogP contribution >= 0.6 is 0 Å². The predicted molar refractivity (Wildman–Crippen MR) is 68.6 cm³/mol. The Balaban J connectivity index is 4.22. The van der Waals surface area contributed by atoms with Gasteiger partial charge in [-0.3, -0.25) is 4.79 Å². The Morgan fingerprint density at radius 3 is 1.94 bits per heavy atom.